The minimum atomic E-state index is -3.58. The maximum absolute atomic E-state index is 13.7. The molecule has 32 heavy (non-hydrogen) atoms. The van der Waals surface area contributed by atoms with Crippen molar-refractivity contribution < 1.29 is 18.0 Å². The van der Waals surface area contributed by atoms with Gasteiger partial charge in [0.15, 0.2) is 0 Å². The molecule has 3 aromatic carbocycles. The lowest BCUT2D eigenvalue weighted by Crippen LogP contribution is -2.44. The van der Waals surface area contributed by atoms with E-state index in [4.69, 9.17) is 9.57 Å². The topological polar surface area (TPSA) is 59.1 Å². The first-order valence-electron chi connectivity index (χ1n) is 10.8. The van der Waals surface area contributed by atoms with Gasteiger partial charge in [0, 0.05) is 20.1 Å². The quantitative estimate of drug-likeness (QED) is 0.584. The number of para-hydroxylation sites is 1. The highest BCUT2D eigenvalue weighted by Crippen LogP contribution is 2.37. The minimum Gasteiger partial charge on any atom is -0.457 e. The van der Waals surface area contributed by atoms with Crippen molar-refractivity contribution in [2.45, 2.75) is 24.3 Å². The van der Waals surface area contributed by atoms with Crippen LogP contribution in [0.25, 0.3) is 0 Å². The van der Waals surface area contributed by atoms with Crippen LogP contribution in [0.4, 0.5) is 0 Å². The SMILES string of the molecule is CN1OC[C@@H](S(=O)(=O)N2CCc3ccccc3C2)[C@@H]1c1cccc(Oc2ccccc2)c1. The number of ether oxygens (including phenoxy) is 1. The summed E-state index contributed by atoms with van der Waals surface area (Å²) in [6.07, 6.45) is 0.726. The van der Waals surface area contributed by atoms with Crippen molar-refractivity contribution in [1.29, 1.82) is 0 Å². The molecule has 0 N–H and O–H groups in total. The number of fused-ring (bicyclic) bond motifs is 1. The molecule has 0 aromatic heterocycles. The summed E-state index contributed by atoms with van der Waals surface area (Å²) in [5, 5.41) is 0.964. The summed E-state index contributed by atoms with van der Waals surface area (Å²) in [7, 11) is -1.79. The Bertz CT molecular complexity index is 1200. The zero-order valence-corrected chi connectivity index (χ0v) is 18.7. The van der Waals surface area contributed by atoms with Crippen molar-refractivity contribution in [2.24, 2.45) is 0 Å². The third-order valence-corrected chi connectivity index (χ3v) is 8.39. The van der Waals surface area contributed by atoms with E-state index in [-0.39, 0.29) is 6.61 Å². The zero-order valence-electron chi connectivity index (χ0n) is 17.9. The number of hydrogen-bond donors (Lipinski definition) is 0. The molecule has 0 amide bonds. The molecule has 2 aliphatic rings. The Morgan fingerprint density at radius 2 is 1.62 bits per heavy atom. The molecule has 5 rings (SSSR count). The number of hydrogen-bond acceptors (Lipinski definition) is 5. The highest BCUT2D eigenvalue weighted by Gasteiger charge is 2.46. The van der Waals surface area contributed by atoms with Gasteiger partial charge in [-0.15, -0.1) is 0 Å². The Kier molecular flexibility index (Phi) is 5.73. The van der Waals surface area contributed by atoms with E-state index in [1.54, 1.807) is 16.4 Å². The van der Waals surface area contributed by atoms with Gasteiger partial charge < -0.3 is 4.74 Å². The van der Waals surface area contributed by atoms with E-state index in [0.29, 0.717) is 18.8 Å². The second kappa shape index (κ2) is 8.67. The molecule has 0 bridgehead atoms. The van der Waals surface area contributed by atoms with Crippen LogP contribution in [0.5, 0.6) is 11.5 Å². The van der Waals surface area contributed by atoms with Crippen LogP contribution in [-0.2, 0) is 27.8 Å². The van der Waals surface area contributed by atoms with Crippen LogP contribution in [0.3, 0.4) is 0 Å². The molecule has 7 heteroatoms. The van der Waals surface area contributed by atoms with Crippen molar-refractivity contribution in [3.8, 4) is 11.5 Å². The van der Waals surface area contributed by atoms with Crippen LogP contribution in [0.15, 0.2) is 78.9 Å². The van der Waals surface area contributed by atoms with E-state index in [1.807, 2.05) is 72.8 Å². The molecule has 1 fully saturated rings. The van der Waals surface area contributed by atoms with E-state index in [9.17, 15) is 8.42 Å². The maximum Gasteiger partial charge on any atom is 0.221 e. The normalized spacial score (nSPS) is 21.9. The fourth-order valence-corrected chi connectivity index (χ4v) is 6.47. The summed E-state index contributed by atoms with van der Waals surface area (Å²) in [5.41, 5.74) is 3.15. The Hall–Kier alpha value is -2.71. The minimum absolute atomic E-state index is 0.130. The molecular formula is C25H26N2O4S. The summed E-state index contributed by atoms with van der Waals surface area (Å²) < 4.78 is 35.0. The van der Waals surface area contributed by atoms with E-state index in [1.165, 1.54) is 5.56 Å². The average Bonchev–Trinajstić information content (AvgIpc) is 3.22. The number of rotatable bonds is 5. The zero-order chi connectivity index (χ0) is 22.1. The van der Waals surface area contributed by atoms with E-state index in [0.717, 1.165) is 23.3 Å². The van der Waals surface area contributed by atoms with Crippen molar-refractivity contribution in [3.63, 3.8) is 0 Å². The van der Waals surface area contributed by atoms with Gasteiger partial charge in [0.1, 0.15) is 16.7 Å². The van der Waals surface area contributed by atoms with Gasteiger partial charge >= 0.3 is 0 Å². The summed E-state index contributed by atoms with van der Waals surface area (Å²) >= 11 is 0. The van der Waals surface area contributed by atoms with Crippen molar-refractivity contribution >= 4 is 10.0 Å². The first kappa shape index (κ1) is 21.2. The van der Waals surface area contributed by atoms with E-state index < -0.39 is 21.3 Å². The van der Waals surface area contributed by atoms with Crippen LogP contribution in [-0.4, -0.2) is 43.2 Å². The standard InChI is InChI=1S/C25H26N2O4S/c1-26-25(20-10-7-13-23(16-20)31-22-11-3-2-4-12-22)24(18-30-26)32(28,29)27-15-14-19-8-5-6-9-21(19)17-27/h2-13,16,24-25H,14-15,17-18H2,1H3/t24-,25+/m1/s1. The molecule has 3 aromatic rings. The lowest BCUT2D eigenvalue weighted by Gasteiger charge is -2.32. The van der Waals surface area contributed by atoms with Crippen LogP contribution in [0, 0.1) is 0 Å². The van der Waals surface area contributed by atoms with Gasteiger partial charge in [0.25, 0.3) is 0 Å². The summed E-state index contributed by atoms with van der Waals surface area (Å²) in [6.45, 7) is 1.03. The first-order chi connectivity index (χ1) is 15.5. The Balaban J connectivity index is 1.41. The van der Waals surface area contributed by atoms with Crippen molar-refractivity contribution in [3.05, 3.63) is 95.6 Å². The Labute approximate surface area is 189 Å². The van der Waals surface area contributed by atoms with E-state index in [2.05, 4.69) is 6.07 Å². The molecule has 0 spiro atoms. The first-order valence-corrected chi connectivity index (χ1v) is 12.3. The highest BCUT2D eigenvalue weighted by molar-refractivity contribution is 7.89. The molecular weight excluding hydrogens is 424 g/mol. The lowest BCUT2D eigenvalue weighted by molar-refractivity contribution is -0.110. The molecule has 2 aliphatic heterocycles. The van der Waals surface area contributed by atoms with Crippen LogP contribution in [0.2, 0.25) is 0 Å². The van der Waals surface area contributed by atoms with Gasteiger partial charge in [-0.2, -0.15) is 9.37 Å². The monoisotopic (exact) mass is 450 g/mol. The second-order valence-electron chi connectivity index (χ2n) is 8.21. The van der Waals surface area contributed by atoms with Gasteiger partial charge in [-0.05, 0) is 47.4 Å². The van der Waals surface area contributed by atoms with Crippen LogP contribution < -0.4 is 4.74 Å². The summed E-state index contributed by atoms with van der Waals surface area (Å²) in [4.78, 5) is 5.72. The Morgan fingerprint density at radius 3 is 2.44 bits per heavy atom. The van der Waals surface area contributed by atoms with Crippen LogP contribution in [0.1, 0.15) is 22.7 Å². The molecule has 1 saturated heterocycles. The van der Waals surface area contributed by atoms with Crippen LogP contribution >= 0.6 is 0 Å². The molecule has 166 valence electrons. The number of sulfonamides is 1. The molecule has 0 saturated carbocycles. The number of benzene rings is 3. The van der Waals surface area contributed by atoms with Gasteiger partial charge in [0.05, 0.1) is 12.6 Å². The molecule has 2 atom stereocenters. The highest BCUT2D eigenvalue weighted by atomic mass is 32.2. The average molecular weight is 451 g/mol. The van der Waals surface area contributed by atoms with Gasteiger partial charge in [0.2, 0.25) is 10.0 Å². The summed E-state index contributed by atoms with van der Waals surface area (Å²) in [6, 6.07) is 24.8. The van der Waals surface area contributed by atoms with Gasteiger partial charge in [-0.3, -0.25) is 4.84 Å². The number of hydroxylamine groups is 2. The molecule has 0 radical (unpaired) electrons. The predicted molar refractivity (Wildman–Crippen MR) is 123 cm³/mol. The number of nitrogens with zero attached hydrogens (tertiary/aromatic N) is 2. The second-order valence-corrected chi connectivity index (χ2v) is 10.4. The largest absolute Gasteiger partial charge is 0.457 e. The molecule has 0 unspecified atom stereocenters. The lowest BCUT2D eigenvalue weighted by atomic mass is 10.0. The van der Waals surface area contributed by atoms with Crippen molar-refractivity contribution in [1.82, 2.24) is 9.37 Å². The third kappa shape index (κ3) is 4.04. The fourth-order valence-electron chi connectivity index (χ4n) is 4.54. The van der Waals surface area contributed by atoms with Gasteiger partial charge in [-0.1, -0.05) is 54.6 Å². The third-order valence-electron chi connectivity index (χ3n) is 6.20. The summed E-state index contributed by atoms with van der Waals surface area (Å²) in [5.74, 6) is 1.40. The smallest absolute Gasteiger partial charge is 0.221 e. The molecule has 0 aliphatic carbocycles. The maximum atomic E-state index is 13.7. The molecule has 6 nitrogen and oxygen atoms in total. The predicted octanol–water partition coefficient (Wildman–Crippen LogP) is 4.15. The van der Waals surface area contributed by atoms with Crippen molar-refractivity contribution in [2.75, 3.05) is 20.2 Å². The van der Waals surface area contributed by atoms with Gasteiger partial charge in [-0.25, -0.2) is 8.42 Å². The molecule has 2 heterocycles. The fraction of sp³-hybridized carbons (Fsp3) is 0.280. The van der Waals surface area contributed by atoms with E-state index >= 15 is 0 Å². The Morgan fingerprint density at radius 1 is 0.906 bits per heavy atom.